The van der Waals surface area contributed by atoms with Crippen LogP contribution in [0, 0.1) is 0 Å². The van der Waals surface area contributed by atoms with Gasteiger partial charge in [0.1, 0.15) is 5.70 Å². The SMILES string of the molecule is O=C1NC(SCc2ccccn2)=N/C1=C/c1ccccc1. The minimum Gasteiger partial charge on any atom is -0.300 e. The van der Waals surface area contributed by atoms with Gasteiger partial charge in [0.15, 0.2) is 5.17 Å². The van der Waals surface area contributed by atoms with Crippen molar-refractivity contribution < 1.29 is 4.79 Å². The summed E-state index contributed by atoms with van der Waals surface area (Å²) < 4.78 is 0. The van der Waals surface area contributed by atoms with Crippen molar-refractivity contribution >= 4 is 28.9 Å². The van der Waals surface area contributed by atoms with Gasteiger partial charge in [-0.15, -0.1) is 0 Å². The standard InChI is InChI=1S/C16H13N3OS/c20-15-14(10-12-6-2-1-3-7-12)18-16(19-15)21-11-13-8-4-5-9-17-13/h1-10H,11H2,(H,18,19,20)/b14-10+. The van der Waals surface area contributed by atoms with Crippen LogP contribution < -0.4 is 5.32 Å². The Morgan fingerprint density at radius 2 is 1.90 bits per heavy atom. The lowest BCUT2D eigenvalue weighted by Crippen LogP contribution is -2.21. The van der Waals surface area contributed by atoms with E-state index in [0.717, 1.165) is 11.3 Å². The number of amides is 1. The monoisotopic (exact) mass is 295 g/mol. The van der Waals surface area contributed by atoms with E-state index < -0.39 is 0 Å². The quantitative estimate of drug-likeness (QED) is 0.886. The van der Waals surface area contributed by atoms with Gasteiger partial charge in [-0.3, -0.25) is 15.1 Å². The fourth-order valence-electron chi connectivity index (χ4n) is 1.85. The zero-order valence-electron chi connectivity index (χ0n) is 11.2. The van der Waals surface area contributed by atoms with Crippen molar-refractivity contribution in [3.63, 3.8) is 0 Å². The molecule has 0 saturated carbocycles. The predicted molar refractivity (Wildman–Crippen MR) is 85.5 cm³/mol. The zero-order valence-corrected chi connectivity index (χ0v) is 12.0. The van der Waals surface area contributed by atoms with Crippen LogP contribution >= 0.6 is 11.8 Å². The molecule has 0 bridgehead atoms. The lowest BCUT2D eigenvalue weighted by molar-refractivity contribution is -0.115. The van der Waals surface area contributed by atoms with E-state index in [4.69, 9.17) is 0 Å². The number of rotatable bonds is 3. The number of pyridine rings is 1. The Kier molecular flexibility index (Phi) is 4.12. The lowest BCUT2D eigenvalue weighted by atomic mass is 10.2. The molecule has 1 amide bonds. The van der Waals surface area contributed by atoms with Gasteiger partial charge < -0.3 is 0 Å². The molecule has 0 aliphatic carbocycles. The Morgan fingerprint density at radius 3 is 2.67 bits per heavy atom. The topological polar surface area (TPSA) is 54.4 Å². The average Bonchev–Trinajstić information content (AvgIpc) is 2.87. The molecule has 1 N–H and O–H groups in total. The van der Waals surface area contributed by atoms with Crippen LogP contribution in [0.4, 0.5) is 0 Å². The summed E-state index contributed by atoms with van der Waals surface area (Å²) in [6.45, 7) is 0. The van der Waals surface area contributed by atoms with Gasteiger partial charge in [-0.05, 0) is 23.8 Å². The molecule has 21 heavy (non-hydrogen) atoms. The second-order valence-corrected chi connectivity index (χ2v) is 5.39. The molecule has 0 fully saturated rings. The summed E-state index contributed by atoms with van der Waals surface area (Å²) >= 11 is 1.47. The summed E-state index contributed by atoms with van der Waals surface area (Å²) in [6.07, 6.45) is 3.54. The average molecular weight is 295 g/mol. The molecule has 2 aromatic rings. The number of carbonyl (C=O) groups is 1. The number of aromatic nitrogens is 1. The van der Waals surface area contributed by atoms with E-state index in [-0.39, 0.29) is 5.91 Å². The molecule has 1 aromatic heterocycles. The first-order valence-electron chi connectivity index (χ1n) is 6.51. The fourth-order valence-corrected chi connectivity index (χ4v) is 2.63. The van der Waals surface area contributed by atoms with Gasteiger partial charge in [-0.25, -0.2) is 4.99 Å². The molecule has 0 saturated heterocycles. The number of hydrogen-bond acceptors (Lipinski definition) is 4. The highest BCUT2D eigenvalue weighted by Gasteiger charge is 2.20. The van der Waals surface area contributed by atoms with Crippen LogP contribution in [0.1, 0.15) is 11.3 Å². The van der Waals surface area contributed by atoms with Gasteiger partial charge in [0.25, 0.3) is 5.91 Å². The summed E-state index contributed by atoms with van der Waals surface area (Å²) in [5, 5.41) is 3.39. The van der Waals surface area contributed by atoms with Crippen molar-refractivity contribution in [1.82, 2.24) is 10.3 Å². The highest BCUT2D eigenvalue weighted by Crippen LogP contribution is 2.18. The molecule has 2 heterocycles. The number of benzene rings is 1. The number of thioether (sulfide) groups is 1. The molecule has 0 unspecified atom stereocenters. The summed E-state index contributed by atoms with van der Waals surface area (Å²) in [5.41, 5.74) is 2.35. The number of carbonyl (C=O) groups excluding carboxylic acids is 1. The predicted octanol–water partition coefficient (Wildman–Crippen LogP) is 2.84. The van der Waals surface area contributed by atoms with Crippen LogP contribution in [0.15, 0.2) is 65.4 Å². The Morgan fingerprint density at radius 1 is 1.10 bits per heavy atom. The molecule has 1 aromatic carbocycles. The molecule has 3 rings (SSSR count). The molecule has 5 heteroatoms. The van der Waals surface area contributed by atoms with Gasteiger partial charge in [0.05, 0.1) is 5.69 Å². The van der Waals surface area contributed by atoms with Crippen molar-refractivity contribution in [3.05, 3.63) is 71.7 Å². The summed E-state index contributed by atoms with van der Waals surface area (Å²) in [5.74, 6) is 0.515. The Bertz CT molecular complexity index is 696. The molecule has 0 atom stereocenters. The van der Waals surface area contributed by atoms with Gasteiger partial charge >= 0.3 is 0 Å². The molecule has 0 radical (unpaired) electrons. The first kappa shape index (κ1) is 13.6. The molecule has 104 valence electrons. The fraction of sp³-hybridized carbons (Fsp3) is 0.0625. The van der Waals surface area contributed by atoms with Crippen LogP contribution in [-0.4, -0.2) is 16.1 Å². The first-order valence-corrected chi connectivity index (χ1v) is 7.49. The van der Waals surface area contributed by atoms with Gasteiger partial charge in [-0.2, -0.15) is 0 Å². The van der Waals surface area contributed by atoms with E-state index in [1.165, 1.54) is 11.8 Å². The largest absolute Gasteiger partial charge is 0.300 e. The molecular weight excluding hydrogens is 282 g/mol. The summed E-state index contributed by atoms with van der Waals surface area (Å²) in [7, 11) is 0. The van der Waals surface area contributed by atoms with Crippen LogP contribution in [0.3, 0.4) is 0 Å². The van der Waals surface area contributed by atoms with Crippen molar-refractivity contribution in [2.24, 2.45) is 4.99 Å². The number of aliphatic imine (C=N–C) groups is 1. The van der Waals surface area contributed by atoms with Crippen LogP contribution in [-0.2, 0) is 10.5 Å². The second kappa shape index (κ2) is 6.37. The number of hydrogen-bond donors (Lipinski definition) is 1. The highest BCUT2D eigenvalue weighted by atomic mass is 32.2. The minimum absolute atomic E-state index is 0.164. The van der Waals surface area contributed by atoms with E-state index in [1.807, 2.05) is 48.5 Å². The van der Waals surface area contributed by atoms with Crippen molar-refractivity contribution in [1.29, 1.82) is 0 Å². The molecule has 0 spiro atoms. The second-order valence-electron chi connectivity index (χ2n) is 4.42. The van der Waals surface area contributed by atoms with Crippen LogP contribution in [0.2, 0.25) is 0 Å². The highest BCUT2D eigenvalue weighted by molar-refractivity contribution is 8.13. The lowest BCUT2D eigenvalue weighted by Gasteiger charge is -1.99. The molecule has 1 aliphatic rings. The van der Waals surface area contributed by atoms with Crippen molar-refractivity contribution in [2.75, 3.05) is 0 Å². The van der Waals surface area contributed by atoms with Crippen LogP contribution in [0.5, 0.6) is 0 Å². The number of amidine groups is 1. The van der Waals surface area contributed by atoms with Crippen molar-refractivity contribution in [3.8, 4) is 0 Å². The summed E-state index contributed by atoms with van der Waals surface area (Å²) in [4.78, 5) is 20.5. The summed E-state index contributed by atoms with van der Waals surface area (Å²) in [6, 6.07) is 15.4. The smallest absolute Gasteiger partial charge is 0.275 e. The maximum atomic E-state index is 11.9. The van der Waals surface area contributed by atoms with E-state index in [0.29, 0.717) is 16.6 Å². The van der Waals surface area contributed by atoms with E-state index in [9.17, 15) is 4.79 Å². The normalized spacial score (nSPS) is 15.9. The minimum atomic E-state index is -0.164. The third kappa shape index (κ3) is 3.58. The van der Waals surface area contributed by atoms with Crippen molar-refractivity contribution in [2.45, 2.75) is 5.75 Å². The van der Waals surface area contributed by atoms with Crippen LogP contribution in [0.25, 0.3) is 6.08 Å². The number of nitrogens with zero attached hydrogens (tertiary/aromatic N) is 2. The van der Waals surface area contributed by atoms with E-state index in [1.54, 1.807) is 12.3 Å². The van der Waals surface area contributed by atoms with Gasteiger partial charge in [0.2, 0.25) is 0 Å². The zero-order chi connectivity index (χ0) is 14.5. The molecular formula is C16H13N3OS. The maximum absolute atomic E-state index is 11.9. The maximum Gasteiger partial charge on any atom is 0.275 e. The van der Waals surface area contributed by atoms with Gasteiger partial charge in [-0.1, -0.05) is 48.2 Å². The molecule has 1 aliphatic heterocycles. The number of nitrogens with one attached hydrogen (secondary N) is 1. The Hall–Kier alpha value is -2.40. The third-order valence-electron chi connectivity index (χ3n) is 2.86. The Balaban J connectivity index is 1.69. The van der Waals surface area contributed by atoms with E-state index >= 15 is 0 Å². The molecule has 4 nitrogen and oxygen atoms in total. The first-order chi connectivity index (χ1) is 10.3. The van der Waals surface area contributed by atoms with Gasteiger partial charge in [0, 0.05) is 11.9 Å². The van der Waals surface area contributed by atoms with E-state index in [2.05, 4.69) is 15.3 Å². The Labute approximate surface area is 127 Å². The third-order valence-corrected chi connectivity index (χ3v) is 3.77.